The third-order valence-corrected chi connectivity index (χ3v) is 7.93. The molecule has 5 rings (SSSR count). The Labute approximate surface area is 225 Å². The summed E-state index contributed by atoms with van der Waals surface area (Å²) in [5.74, 6) is -0.0272. The van der Waals surface area contributed by atoms with E-state index >= 15 is 0 Å². The molecule has 3 aromatic carbocycles. The van der Waals surface area contributed by atoms with E-state index in [1.165, 1.54) is 20.9 Å². The quantitative estimate of drug-likeness (QED) is 0.200. The Kier molecular flexibility index (Phi) is 7.94. The first-order chi connectivity index (χ1) is 18.2. The Hall–Kier alpha value is -3.93. The van der Waals surface area contributed by atoms with E-state index in [9.17, 15) is 4.79 Å². The predicted octanol–water partition coefficient (Wildman–Crippen LogP) is 8.67. The summed E-state index contributed by atoms with van der Waals surface area (Å²) >= 11 is 3.48. The number of carbonyl (C=O) groups is 1. The number of rotatable bonds is 10. The zero-order valence-corrected chi connectivity index (χ0v) is 21.8. The van der Waals surface area contributed by atoms with Crippen LogP contribution in [0.25, 0.3) is 26.5 Å². The zero-order chi connectivity index (χ0) is 25.5. The Morgan fingerprint density at radius 1 is 0.730 bits per heavy atom. The highest BCUT2D eigenvalue weighted by Crippen LogP contribution is 2.31. The van der Waals surface area contributed by atoms with E-state index in [2.05, 4.69) is 89.6 Å². The van der Waals surface area contributed by atoms with Gasteiger partial charge in [0.2, 0.25) is 0 Å². The first-order valence-electron chi connectivity index (χ1n) is 12.1. The molecule has 0 aliphatic heterocycles. The lowest BCUT2D eigenvalue weighted by molar-refractivity contribution is -0.136. The summed E-state index contributed by atoms with van der Waals surface area (Å²) in [6.45, 7) is 0.420. The van der Waals surface area contributed by atoms with Crippen molar-refractivity contribution in [3.63, 3.8) is 0 Å². The van der Waals surface area contributed by atoms with E-state index in [1.807, 2.05) is 24.3 Å². The molecule has 184 valence electrons. The van der Waals surface area contributed by atoms with E-state index in [0.717, 1.165) is 28.0 Å². The number of carboxylic acids is 1. The van der Waals surface area contributed by atoms with Crippen molar-refractivity contribution in [2.24, 2.45) is 0 Å². The molecule has 2 heterocycles. The minimum Gasteiger partial charge on any atom is -0.490 e. The fourth-order valence-electron chi connectivity index (χ4n) is 4.14. The van der Waals surface area contributed by atoms with Gasteiger partial charge in [0.05, 0.1) is 0 Å². The second-order valence-corrected chi connectivity index (χ2v) is 10.5. The topological polar surface area (TPSA) is 46.5 Å². The molecule has 1 N–H and O–H groups in total. The summed E-state index contributed by atoms with van der Waals surface area (Å²) in [5, 5.41) is 13.1. The van der Waals surface area contributed by atoms with Crippen LogP contribution in [0, 0.1) is 0 Å². The van der Waals surface area contributed by atoms with Crippen molar-refractivity contribution in [3.05, 3.63) is 131 Å². The maximum atomic E-state index is 10.8. The van der Waals surface area contributed by atoms with Crippen LogP contribution in [0.2, 0.25) is 0 Å². The van der Waals surface area contributed by atoms with Crippen LogP contribution in [0.5, 0.6) is 5.75 Å². The van der Waals surface area contributed by atoms with Crippen LogP contribution in [0.3, 0.4) is 0 Å². The van der Waals surface area contributed by atoms with Crippen molar-refractivity contribution in [2.75, 3.05) is 6.61 Å². The lowest BCUT2D eigenvalue weighted by Gasteiger charge is -2.12. The van der Waals surface area contributed by atoms with Gasteiger partial charge in [0.1, 0.15) is 12.4 Å². The summed E-state index contributed by atoms with van der Waals surface area (Å²) in [6, 6.07) is 33.5. The number of benzene rings is 3. The molecular weight excluding hydrogens is 496 g/mol. The predicted molar refractivity (Wildman–Crippen MR) is 154 cm³/mol. The Balaban J connectivity index is 1.36. The van der Waals surface area contributed by atoms with Crippen LogP contribution in [-0.4, -0.2) is 17.7 Å². The molecule has 0 spiro atoms. The Morgan fingerprint density at radius 2 is 1.27 bits per heavy atom. The van der Waals surface area contributed by atoms with Crippen molar-refractivity contribution < 1.29 is 14.6 Å². The van der Waals surface area contributed by atoms with E-state index in [4.69, 9.17) is 9.84 Å². The molecule has 0 radical (unpaired) electrons. The Morgan fingerprint density at radius 3 is 1.73 bits per heavy atom. The standard InChI is InChI=1S/C32H26O3S2/c33-32(34)18-7-23-5-16-28(17-6-23)35-20-19-29(24-8-12-26(13-9-24)30-3-1-21-36-30)25-10-14-27(15-11-25)31-4-2-22-37-31/h1-6,8-17,19,21-22H,7,18,20H2,(H,33,34). The van der Waals surface area contributed by atoms with Crippen molar-refractivity contribution in [2.45, 2.75) is 12.8 Å². The van der Waals surface area contributed by atoms with Gasteiger partial charge in [-0.05, 0) is 80.9 Å². The molecule has 0 aliphatic carbocycles. The molecule has 0 aliphatic rings. The second-order valence-electron chi connectivity index (χ2n) is 8.58. The molecule has 0 saturated carbocycles. The lowest BCUT2D eigenvalue weighted by atomic mass is 9.95. The summed E-state index contributed by atoms with van der Waals surface area (Å²) in [7, 11) is 0. The maximum absolute atomic E-state index is 10.8. The van der Waals surface area contributed by atoms with Crippen molar-refractivity contribution in [1.82, 2.24) is 0 Å². The Bertz CT molecular complexity index is 1370. The molecule has 0 saturated heterocycles. The van der Waals surface area contributed by atoms with Gasteiger partial charge >= 0.3 is 5.97 Å². The summed E-state index contributed by atoms with van der Waals surface area (Å²) < 4.78 is 6.04. The number of carboxylic acid groups (broad SMARTS) is 1. The van der Waals surface area contributed by atoms with Gasteiger partial charge in [-0.1, -0.05) is 72.8 Å². The molecule has 0 atom stereocenters. The minimum atomic E-state index is -0.787. The first kappa shape index (κ1) is 24.8. The SMILES string of the molecule is O=C(O)CCc1ccc(OCC=C(c2ccc(-c3cccs3)cc2)c2ccc(-c3cccs3)cc2)cc1. The fourth-order valence-corrected chi connectivity index (χ4v) is 5.61. The number of hydrogen-bond donors (Lipinski definition) is 1. The monoisotopic (exact) mass is 522 g/mol. The second kappa shape index (κ2) is 11.9. The molecule has 0 amide bonds. The number of aryl methyl sites for hydroxylation is 1. The molecule has 3 nitrogen and oxygen atoms in total. The zero-order valence-electron chi connectivity index (χ0n) is 20.2. The number of ether oxygens (including phenoxy) is 1. The van der Waals surface area contributed by atoms with Crippen LogP contribution < -0.4 is 4.74 Å². The molecule has 5 aromatic rings. The normalized spacial score (nSPS) is 10.7. The van der Waals surface area contributed by atoms with Crippen LogP contribution in [-0.2, 0) is 11.2 Å². The molecular formula is C32H26O3S2. The largest absolute Gasteiger partial charge is 0.490 e. The van der Waals surface area contributed by atoms with Crippen LogP contribution in [0.1, 0.15) is 23.1 Å². The molecule has 0 bridgehead atoms. The molecule has 0 unspecified atom stereocenters. The van der Waals surface area contributed by atoms with Gasteiger partial charge in [0, 0.05) is 16.2 Å². The average molecular weight is 523 g/mol. The van der Waals surface area contributed by atoms with E-state index < -0.39 is 5.97 Å². The van der Waals surface area contributed by atoms with Gasteiger partial charge in [0.25, 0.3) is 0 Å². The van der Waals surface area contributed by atoms with Crippen LogP contribution in [0.4, 0.5) is 0 Å². The van der Waals surface area contributed by atoms with Gasteiger partial charge < -0.3 is 9.84 Å². The van der Waals surface area contributed by atoms with Crippen molar-refractivity contribution in [3.8, 4) is 26.6 Å². The molecule has 0 fully saturated rings. The molecule has 2 aromatic heterocycles. The lowest BCUT2D eigenvalue weighted by Crippen LogP contribution is -1.99. The van der Waals surface area contributed by atoms with Gasteiger partial charge in [-0.15, -0.1) is 22.7 Å². The van der Waals surface area contributed by atoms with Gasteiger partial charge in [-0.25, -0.2) is 0 Å². The van der Waals surface area contributed by atoms with E-state index in [1.54, 1.807) is 22.7 Å². The van der Waals surface area contributed by atoms with E-state index in [-0.39, 0.29) is 6.42 Å². The highest BCUT2D eigenvalue weighted by atomic mass is 32.1. The van der Waals surface area contributed by atoms with E-state index in [0.29, 0.717) is 13.0 Å². The van der Waals surface area contributed by atoms with Gasteiger partial charge in [0.15, 0.2) is 0 Å². The van der Waals surface area contributed by atoms with Crippen LogP contribution in [0.15, 0.2) is 114 Å². The summed E-state index contributed by atoms with van der Waals surface area (Å²) in [5.41, 5.74) is 6.81. The van der Waals surface area contributed by atoms with Crippen molar-refractivity contribution >= 4 is 34.2 Å². The minimum absolute atomic E-state index is 0.128. The van der Waals surface area contributed by atoms with Gasteiger partial charge in [-0.3, -0.25) is 4.79 Å². The number of thiophene rings is 2. The highest BCUT2D eigenvalue weighted by Gasteiger charge is 2.08. The third kappa shape index (κ3) is 6.45. The number of hydrogen-bond acceptors (Lipinski definition) is 4. The maximum Gasteiger partial charge on any atom is 0.303 e. The first-order valence-corrected chi connectivity index (χ1v) is 13.8. The summed E-state index contributed by atoms with van der Waals surface area (Å²) in [4.78, 5) is 13.3. The molecule has 37 heavy (non-hydrogen) atoms. The smallest absolute Gasteiger partial charge is 0.303 e. The third-order valence-electron chi connectivity index (χ3n) is 6.09. The average Bonchev–Trinajstić information content (AvgIpc) is 3.66. The molecule has 5 heteroatoms. The van der Waals surface area contributed by atoms with Crippen molar-refractivity contribution in [1.29, 1.82) is 0 Å². The summed E-state index contributed by atoms with van der Waals surface area (Å²) in [6.07, 6.45) is 2.77. The number of aliphatic carboxylic acids is 1. The van der Waals surface area contributed by atoms with Gasteiger partial charge in [-0.2, -0.15) is 0 Å². The fraction of sp³-hybridized carbons (Fsp3) is 0.0938. The van der Waals surface area contributed by atoms with Crippen LogP contribution >= 0.6 is 22.7 Å². The highest BCUT2D eigenvalue weighted by molar-refractivity contribution is 7.13.